The summed E-state index contributed by atoms with van der Waals surface area (Å²) in [6.07, 6.45) is 5.80. The van der Waals surface area contributed by atoms with E-state index < -0.39 is 0 Å². The quantitative estimate of drug-likeness (QED) is 0.556. The molecule has 0 aliphatic carbocycles. The third-order valence-electron chi connectivity index (χ3n) is 4.10. The van der Waals surface area contributed by atoms with Gasteiger partial charge in [-0.1, -0.05) is 12.1 Å². The van der Waals surface area contributed by atoms with Crippen LogP contribution in [0.25, 0.3) is 22.2 Å². The predicted octanol–water partition coefficient (Wildman–Crippen LogP) is 2.37. The molecule has 0 unspecified atom stereocenters. The van der Waals surface area contributed by atoms with Gasteiger partial charge in [-0.15, -0.1) is 0 Å². The Morgan fingerprint density at radius 3 is 3.00 bits per heavy atom. The van der Waals surface area contributed by atoms with E-state index in [1.54, 1.807) is 13.2 Å². The highest BCUT2D eigenvalue weighted by Crippen LogP contribution is 2.27. The molecular formula is C19H21N5O. The van der Waals surface area contributed by atoms with Crippen LogP contribution in [0.15, 0.2) is 60.7 Å². The molecule has 0 fully saturated rings. The highest BCUT2D eigenvalue weighted by Gasteiger charge is 2.09. The Balaban J connectivity index is 1.77. The van der Waals surface area contributed by atoms with Crippen molar-refractivity contribution in [1.82, 2.24) is 20.6 Å². The van der Waals surface area contributed by atoms with Gasteiger partial charge in [-0.05, 0) is 35.4 Å². The molecule has 128 valence electrons. The molecule has 1 aromatic carbocycles. The number of H-pyrrole nitrogens is 1. The molecule has 0 aliphatic rings. The number of rotatable bonds is 6. The molecule has 6 nitrogen and oxygen atoms in total. The van der Waals surface area contributed by atoms with E-state index in [0.717, 1.165) is 27.9 Å². The van der Waals surface area contributed by atoms with Crippen molar-refractivity contribution in [3.05, 3.63) is 66.3 Å². The average Bonchev–Trinajstić information content (AvgIpc) is 3.14. The van der Waals surface area contributed by atoms with Gasteiger partial charge in [0.1, 0.15) is 5.65 Å². The van der Waals surface area contributed by atoms with Gasteiger partial charge in [0.05, 0.1) is 0 Å². The van der Waals surface area contributed by atoms with Gasteiger partial charge in [-0.3, -0.25) is 4.79 Å². The number of pyridine rings is 1. The van der Waals surface area contributed by atoms with Crippen LogP contribution in [-0.4, -0.2) is 29.5 Å². The van der Waals surface area contributed by atoms with Gasteiger partial charge in [0.15, 0.2) is 0 Å². The Hall–Kier alpha value is -3.28. The smallest absolute Gasteiger partial charge is 0.251 e. The molecule has 3 rings (SSSR count). The number of fused-ring (bicyclic) bond motifs is 1. The van der Waals surface area contributed by atoms with E-state index in [9.17, 15) is 4.79 Å². The van der Waals surface area contributed by atoms with Crippen molar-refractivity contribution in [2.45, 2.75) is 6.42 Å². The second-order valence-corrected chi connectivity index (χ2v) is 5.63. The van der Waals surface area contributed by atoms with Crippen LogP contribution < -0.4 is 16.4 Å². The lowest BCUT2D eigenvalue weighted by atomic mass is 10.0. The maximum Gasteiger partial charge on any atom is 0.251 e. The summed E-state index contributed by atoms with van der Waals surface area (Å²) in [7, 11) is 1.81. The molecule has 0 radical (unpaired) electrons. The zero-order valence-electron chi connectivity index (χ0n) is 14.0. The maximum absolute atomic E-state index is 12.4. The van der Waals surface area contributed by atoms with Gasteiger partial charge in [-0.25, -0.2) is 4.98 Å². The van der Waals surface area contributed by atoms with Gasteiger partial charge >= 0.3 is 0 Å². The number of carbonyl (C=O) groups excluding carboxylic acids is 1. The fourth-order valence-electron chi connectivity index (χ4n) is 2.75. The Morgan fingerprint density at radius 2 is 2.20 bits per heavy atom. The fourth-order valence-corrected chi connectivity index (χ4v) is 2.75. The van der Waals surface area contributed by atoms with Crippen LogP contribution in [0.5, 0.6) is 0 Å². The van der Waals surface area contributed by atoms with Crippen molar-refractivity contribution in [3.8, 4) is 11.1 Å². The summed E-state index contributed by atoms with van der Waals surface area (Å²) in [4.78, 5) is 19.8. The van der Waals surface area contributed by atoms with Crippen molar-refractivity contribution < 1.29 is 4.79 Å². The zero-order valence-corrected chi connectivity index (χ0v) is 14.0. The predicted molar refractivity (Wildman–Crippen MR) is 99.8 cm³/mol. The lowest BCUT2D eigenvalue weighted by Gasteiger charge is -2.09. The van der Waals surface area contributed by atoms with Gasteiger partial charge in [0.2, 0.25) is 0 Å². The van der Waals surface area contributed by atoms with Crippen molar-refractivity contribution in [1.29, 1.82) is 0 Å². The number of nitrogens with zero attached hydrogens (tertiary/aromatic N) is 1. The molecule has 0 bridgehead atoms. The standard InChI is InChI=1S/C19H21N5O/c1-21-15(12-20)5-8-24-19(25)14-4-2-3-13(11-14)16-6-9-22-18-17(16)7-10-23-18/h2-4,6-7,9-12,21H,5,8,20H2,1H3,(H,22,23)(H,24,25)/b15-12-. The first-order valence-corrected chi connectivity index (χ1v) is 8.12. The SMILES string of the molecule is CN/C(=C\N)CCNC(=O)c1cccc(-c2ccnc3[nH]ccc23)c1. The summed E-state index contributed by atoms with van der Waals surface area (Å²) >= 11 is 0. The van der Waals surface area contributed by atoms with Gasteiger partial charge in [0, 0.05) is 55.3 Å². The first-order chi connectivity index (χ1) is 12.2. The van der Waals surface area contributed by atoms with E-state index in [1.165, 1.54) is 6.20 Å². The summed E-state index contributed by atoms with van der Waals surface area (Å²) in [6.45, 7) is 0.518. The third-order valence-corrected chi connectivity index (χ3v) is 4.10. The molecule has 2 heterocycles. The monoisotopic (exact) mass is 335 g/mol. The van der Waals surface area contributed by atoms with Crippen molar-refractivity contribution in [2.24, 2.45) is 5.73 Å². The molecule has 2 aromatic heterocycles. The molecule has 3 aromatic rings. The Labute approximate surface area is 146 Å². The maximum atomic E-state index is 12.4. The van der Waals surface area contributed by atoms with Crippen LogP contribution in [0.1, 0.15) is 16.8 Å². The highest BCUT2D eigenvalue weighted by atomic mass is 16.1. The molecule has 5 N–H and O–H groups in total. The number of hydrogen-bond acceptors (Lipinski definition) is 4. The van der Waals surface area contributed by atoms with Crippen molar-refractivity contribution >= 4 is 16.9 Å². The first-order valence-electron chi connectivity index (χ1n) is 8.12. The van der Waals surface area contributed by atoms with E-state index in [2.05, 4.69) is 20.6 Å². The Kier molecular flexibility index (Phi) is 4.99. The molecule has 0 spiro atoms. The van der Waals surface area contributed by atoms with E-state index in [1.807, 2.05) is 42.6 Å². The molecule has 0 saturated carbocycles. The minimum atomic E-state index is -0.103. The number of benzene rings is 1. The summed E-state index contributed by atoms with van der Waals surface area (Å²) in [5.41, 5.74) is 9.87. The fraction of sp³-hybridized carbons (Fsp3) is 0.158. The number of aromatic amines is 1. The van der Waals surface area contributed by atoms with Crippen LogP contribution in [0.2, 0.25) is 0 Å². The minimum absolute atomic E-state index is 0.103. The molecular weight excluding hydrogens is 314 g/mol. The largest absolute Gasteiger partial charge is 0.403 e. The van der Waals surface area contributed by atoms with Gasteiger partial charge in [-0.2, -0.15) is 0 Å². The number of amides is 1. The normalized spacial score (nSPS) is 11.5. The van der Waals surface area contributed by atoms with E-state index in [-0.39, 0.29) is 5.91 Å². The van der Waals surface area contributed by atoms with Crippen molar-refractivity contribution in [3.63, 3.8) is 0 Å². The highest BCUT2D eigenvalue weighted by molar-refractivity contribution is 5.98. The second kappa shape index (κ2) is 7.53. The zero-order chi connectivity index (χ0) is 17.6. The summed E-state index contributed by atoms with van der Waals surface area (Å²) in [5, 5.41) is 6.94. The number of nitrogens with two attached hydrogens (primary N) is 1. The number of nitrogens with one attached hydrogen (secondary N) is 3. The Bertz CT molecular complexity index is 913. The second-order valence-electron chi connectivity index (χ2n) is 5.63. The Morgan fingerprint density at radius 1 is 1.32 bits per heavy atom. The lowest BCUT2D eigenvalue weighted by Crippen LogP contribution is -2.26. The van der Waals surface area contributed by atoms with Crippen molar-refractivity contribution in [2.75, 3.05) is 13.6 Å². The minimum Gasteiger partial charge on any atom is -0.403 e. The van der Waals surface area contributed by atoms with Crippen LogP contribution >= 0.6 is 0 Å². The van der Waals surface area contributed by atoms with E-state index in [4.69, 9.17) is 5.73 Å². The summed E-state index contributed by atoms with van der Waals surface area (Å²) < 4.78 is 0. The molecule has 6 heteroatoms. The number of carbonyl (C=O) groups is 1. The van der Waals surface area contributed by atoms with Gasteiger partial charge in [0.25, 0.3) is 5.91 Å². The lowest BCUT2D eigenvalue weighted by molar-refractivity contribution is 0.0954. The molecule has 25 heavy (non-hydrogen) atoms. The third kappa shape index (κ3) is 3.63. The topological polar surface area (TPSA) is 95.8 Å². The van der Waals surface area contributed by atoms with Gasteiger partial charge < -0.3 is 21.4 Å². The molecule has 0 atom stereocenters. The van der Waals surface area contributed by atoms with E-state index in [0.29, 0.717) is 18.5 Å². The number of hydrogen-bond donors (Lipinski definition) is 4. The molecule has 0 aliphatic heterocycles. The van der Waals surface area contributed by atoms with Crippen LogP contribution in [-0.2, 0) is 0 Å². The van der Waals surface area contributed by atoms with E-state index >= 15 is 0 Å². The van der Waals surface area contributed by atoms with Crippen LogP contribution in [0, 0.1) is 0 Å². The summed E-state index contributed by atoms with van der Waals surface area (Å²) in [6, 6.07) is 11.5. The van der Waals surface area contributed by atoms with Crippen LogP contribution in [0.3, 0.4) is 0 Å². The average molecular weight is 335 g/mol. The van der Waals surface area contributed by atoms with Crippen LogP contribution in [0.4, 0.5) is 0 Å². The summed E-state index contributed by atoms with van der Waals surface area (Å²) in [5.74, 6) is -0.103. The first kappa shape index (κ1) is 16.6. The number of aromatic nitrogens is 2. The molecule has 0 saturated heterocycles. The molecule has 1 amide bonds.